The van der Waals surface area contributed by atoms with E-state index in [1.165, 1.54) is 0 Å². The van der Waals surface area contributed by atoms with Crippen molar-refractivity contribution in [1.82, 2.24) is 0 Å². The number of hydrogen-bond acceptors (Lipinski definition) is 2. The average Bonchev–Trinajstić information content (AvgIpc) is 2.39. The van der Waals surface area contributed by atoms with Crippen molar-refractivity contribution >= 4 is 49.9 Å². The number of carbonyl (C=O) groups is 1. The minimum absolute atomic E-state index is 0. The molecule has 0 heterocycles. The van der Waals surface area contributed by atoms with Crippen LogP contribution in [0.4, 0.5) is 0 Å². The van der Waals surface area contributed by atoms with Gasteiger partial charge in [-0.2, -0.15) is 0 Å². The molecule has 0 amide bonds. The largest absolute Gasteiger partial charge is 0.497 e. The van der Waals surface area contributed by atoms with Crippen LogP contribution in [0.1, 0.15) is 15.9 Å². The molecule has 1 radical (unpaired) electrons. The number of benzene rings is 2. The molecule has 0 bridgehead atoms. The van der Waals surface area contributed by atoms with Crippen LogP contribution >= 0.6 is 20.2 Å². The second kappa shape index (κ2) is 7.86. The van der Waals surface area contributed by atoms with Crippen molar-refractivity contribution in [2.24, 2.45) is 0 Å². The Morgan fingerprint density at radius 2 is 1.80 bits per heavy atom. The van der Waals surface area contributed by atoms with Crippen LogP contribution in [0.3, 0.4) is 0 Å². The first-order chi connectivity index (χ1) is 9.11. The summed E-state index contributed by atoms with van der Waals surface area (Å²) in [7, 11) is 1.69. The maximum absolute atomic E-state index is 12.3. The van der Waals surface area contributed by atoms with Gasteiger partial charge in [-0.15, -0.1) is 0 Å². The second-order valence-corrected chi connectivity index (χ2v) is 5.80. The van der Waals surface area contributed by atoms with Gasteiger partial charge >= 0.3 is 0 Å². The Kier molecular flexibility index (Phi) is 6.79. The van der Waals surface area contributed by atoms with Crippen molar-refractivity contribution in [3.05, 3.63) is 58.6 Å². The molecule has 1 atom stereocenters. The third-order valence-corrected chi connectivity index (χ3v) is 4.21. The van der Waals surface area contributed by atoms with Gasteiger partial charge in [0, 0.05) is 24.4 Å². The zero-order chi connectivity index (χ0) is 13.8. The Hall–Kier alpha value is -0.773. The molecule has 5 heteroatoms. The number of aryl methyl sites for hydroxylation is 1. The van der Waals surface area contributed by atoms with Crippen LogP contribution in [0.25, 0.3) is 0 Å². The molecule has 0 fully saturated rings. The first-order valence-electron chi connectivity index (χ1n) is 5.82. The van der Waals surface area contributed by atoms with Gasteiger partial charge in [0.25, 0.3) is 0 Å². The molecule has 0 aliphatic heterocycles. The average molecular weight is 300 g/mol. The van der Waals surface area contributed by atoms with Gasteiger partial charge in [-0.1, -0.05) is 35.9 Å². The molecule has 2 nitrogen and oxygen atoms in total. The molecular weight excluding hydrogens is 286 g/mol. The summed E-state index contributed by atoms with van der Waals surface area (Å²) < 4.78 is 5.09. The monoisotopic (exact) mass is 299 g/mol. The summed E-state index contributed by atoms with van der Waals surface area (Å²) in [5.74, 6) is 0.787. The molecule has 0 aromatic heterocycles. The molecule has 1 unspecified atom stereocenters. The third kappa shape index (κ3) is 4.11. The Bertz CT molecular complexity index is 579. The molecule has 0 aliphatic carbocycles. The normalized spacial score (nSPS) is 10.3. The number of methoxy groups -OCH3 is 1. The zero-order valence-electron chi connectivity index (χ0n) is 11.7. The fraction of sp³-hybridized carbons (Fsp3) is 0.133. The maximum atomic E-state index is 12.3. The van der Waals surface area contributed by atoms with E-state index < -0.39 is 0 Å². The van der Waals surface area contributed by atoms with E-state index in [0.29, 0.717) is 10.6 Å². The van der Waals surface area contributed by atoms with E-state index in [1.807, 2.05) is 43.3 Å². The third-order valence-electron chi connectivity index (χ3n) is 2.80. The van der Waals surface area contributed by atoms with E-state index in [2.05, 4.69) is 0 Å². The fourth-order valence-electron chi connectivity index (χ4n) is 1.79. The number of carbonyl (C=O) groups excluding carboxylic acids is 1. The first kappa shape index (κ1) is 17.3. The van der Waals surface area contributed by atoms with Gasteiger partial charge in [0.15, 0.2) is 5.52 Å². The van der Waals surface area contributed by atoms with Crippen LogP contribution in [-0.2, 0) is 0 Å². The maximum Gasteiger partial charge on any atom is 0.187 e. The van der Waals surface area contributed by atoms with Gasteiger partial charge < -0.3 is 4.74 Å². The van der Waals surface area contributed by atoms with Gasteiger partial charge in [-0.05, 0) is 44.6 Å². The molecule has 0 spiro atoms. The summed E-state index contributed by atoms with van der Waals surface area (Å²) in [5, 5.41) is 1.50. The number of rotatable bonds is 4. The quantitative estimate of drug-likeness (QED) is 0.639. The molecule has 0 saturated heterocycles. The van der Waals surface area contributed by atoms with Crippen LogP contribution in [-0.4, -0.2) is 31.5 Å². The van der Waals surface area contributed by atoms with Crippen LogP contribution in [0.5, 0.6) is 5.75 Å². The first-order valence-corrected chi connectivity index (χ1v) is 7.20. The van der Waals surface area contributed by atoms with Gasteiger partial charge in [-0.3, -0.25) is 4.79 Å². The van der Waals surface area contributed by atoms with E-state index in [-0.39, 0.29) is 33.0 Å². The van der Waals surface area contributed by atoms with E-state index >= 15 is 0 Å². The second-order valence-electron chi connectivity index (χ2n) is 4.11. The Labute approximate surface area is 137 Å². The topological polar surface area (TPSA) is 26.3 Å². The summed E-state index contributed by atoms with van der Waals surface area (Å²) in [5.41, 5.74) is 1.60. The van der Waals surface area contributed by atoms with Crippen molar-refractivity contribution in [2.75, 3.05) is 7.11 Å². The summed E-state index contributed by atoms with van der Waals surface area (Å²) in [4.78, 5) is 12.3. The predicted octanol–water partition coefficient (Wildman–Crippen LogP) is 3.42. The predicted molar refractivity (Wildman–Crippen MR) is 87.2 cm³/mol. The number of hydrogen-bond donors (Lipinski definition) is 0. The minimum atomic E-state index is 0. The molecule has 99 valence electrons. The van der Waals surface area contributed by atoms with Crippen molar-refractivity contribution in [1.29, 1.82) is 0 Å². The Morgan fingerprint density at radius 3 is 2.35 bits per heavy atom. The van der Waals surface area contributed by atoms with Crippen molar-refractivity contribution in [3.63, 3.8) is 0 Å². The van der Waals surface area contributed by atoms with E-state index in [0.717, 1.165) is 16.6 Å². The van der Waals surface area contributed by atoms with Gasteiger partial charge in [0.2, 0.25) is 0 Å². The Morgan fingerprint density at radius 1 is 1.15 bits per heavy atom. The summed E-state index contributed by atoms with van der Waals surface area (Å²) in [6.07, 6.45) is 0. The SMILES string of the molecule is COc1ccc(PC(=O)c2c(C)cccc2Cl)cc1.[Li]. The molecular formula is C15H14ClLiO2P. The van der Waals surface area contributed by atoms with E-state index in [1.54, 1.807) is 13.2 Å². The zero-order valence-corrected chi connectivity index (χ0v) is 13.5. The van der Waals surface area contributed by atoms with Crippen molar-refractivity contribution in [3.8, 4) is 5.75 Å². The summed E-state index contributed by atoms with van der Waals surface area (Å²) in [6, 6.07) is 13.0. The summed E-state index contributed by atoms with van der Waals surface area (Å²) >= 11 is 6.10. The van der Waals surface area contributed by atoms with Crippen LogP contribution < -0.4 is 10.0 Å². The van der Waals surface area contributed by atoms with E-state index in [4.69, 9.17) is 16.3 Å². The summed E-state index contributed by atoms with van der Waals surface area (Å²) in [6.45, 7) is 1.90. The fourth-order valence-corrected chi connectivity index (χ4v) is 3.23. The molecule has 2 aromatic rings. The van der Waals surface area contributed by atoms with Crippen LogP contribution in [0.15, 0.2) is 42.5 Å². The van der Waals surface area contributed by atoms with Crippen molar-refractivity contribution in [2.45, 2.75) is 6.92 Å². The number of ether oxygens (including phenoxy) is 1. The van der Waals surface area contributed by atoms with Gasteiger partial charge in [-0.25, -0.2) is 0 Å². The van der Waals surface area contributed by atoms with E-state index in [9.17, 15) is 4.79 Å². The van der Waals surface area contributed by atoms with Crippen LogP contribution in [0.2, 0.25) is 5.02 Å². The molecule has 0 N–H and O–H groups in total. The number of halogens is 1. The molecule has 0 saturated carbocycles. The van der Waals surface area contributed by atoms with Crippen molar-refractivity contribution < 1.29 is 9.53 Å². The molecule has 2 aromatic carbocycles. The molecule has 2 rings (SSSR count). The van der Waals surface area contributed by atoms with Gasteiger partial charge in [0.05, 0.1) is 12.1 Å². The standard InChI is InChI=1S/C15H14ClO2P.Li/c1-10-4-3-5-13(16)14(10)15(17)19-12-8-6-11(18-2)7-9-12;/h3-9,19H,1-2H3;. The van der Waals surface area contributed by atoms with Gasteiger partial charge in [0.1, 0.15) is 5.75 Å². The minimum Gasteiger partial charge on any atom is -0.497 e. The smallest absolute Gasteiger partial charge is 0.187 e. The Balaban J connectivity index is 0.00000200. The molecule has 0 aliphatic rings. The molecule has 20 heavy (non-hydrogen) atoms. The van der Waals surface area contributed by atoms with Crippen LogP contribution in [0, 0.1) is 6.92 Å².